The van der Waals surface area contributed by atoms with Crippen LogP contribution in [0.1, 0.15) is 56.6 Å². The number of Topliss-reactive ketones (excluding diaryl/α,β-unsaturated/α-hetero) is 1. The molecule has 0 N–H and O–H groups in total. The Morgan fingerprint density at radius 2 is 2.00 bits per heavy atom. The number of benzene rings is 1. The monoisotopic (exact) mass is 273 g/mol. The van der Waals surface area contributed by atoms with Crippen LogP contribution in [-0.4, -0.2) is 30.3 Å². The molecule has 0 saturated carbocycles. The molecule has 0 fully saturated rings. The lowest BCUT2D eigenvalue weighted by Crippen LogP contribution is -2.26. The van der Waals surface area contributed by atoms with Crippen molar-refractivity contribution in [3.05, 3.63) is 35.4 Å². The van der Waals surface area contributed by atoms with Gasteiger partial charge in [-0.05, 0) is 49.4 Å². The molecule has 1 atom stereocenters. The van der Waals surface area contributed by atoms with Gasteiger partial charge in [-0.1, -0.05) is 38.1 Å². The van der Waals surface area contributed by atoms with Crippen molar-refractivity contribution >= 4 is 5.78 Å². The van der Waals surface area contributed by atoms with E-state index in [0.29, 0.717) is 18.1 Å². The lowest BCUT2D eigenvalue weighted by Gasteiger charge is -2.25. The van der Waals surface area contributed by atoms with Crippen molar-refractivity contribution in [3.8, 4) is 0 Å². The molecule has 110 valence electrons. The summed E-state index contributed by atoms with van der Waals surface area (Å²) in [5.41, 5.74) is 2.88. The summed E-state index contributed by atoms with van der Waals surface area (Å²) in [7, 11) is 0. The maximum Gasteiger partial charge on any atom is 0.134 e. The molecule has 0 bridgehead atoms. The highest BCUT2D eigenvalue weighted by Gasteiger charge is 2.22. The van der Waals surface area contributed by atoms with Gasteiger partial charge in [0.15, 0.2) is 0 Å². The lowest BCUT2D eigenvalue weighted by atomic mass is 9.80. The van der Waals surface area contributed by atoms with Gasteiger partial charge in [-0.3, -0.25) is 4.79 Å². The number of fused-ring (bicyclic) bond motifs is 1. The van der Waals surface area contributed by atoms with Gasteiger partial charge in [0, 0.05) is 19.4 Å². The first-order chi connectivity index (χ1) is 9.74. The van der Waals surface area contributed by atoms with E-state index in [0.717, 1.165) is 26.1 Å². The Bertz CT molecular complexity index is 437. The molecule has 20 heavy (non-hydrogen) atoms. The standard InChI is InChI=1S/C18H27NO/c1-3-19(4-2)13-12-17(20)14-16-10-7-9-15-8-5-6-11-18(15)16/h5-6,8,11,16H,3-4,7,9-10,12-14H2,1-2H3. The number of rotatable bonds is 7. The molecule has 0 heterocycles. The van der Waals surface area contributed by atoms with Gasteiger partial charge in [-0.15, -0.1) is 0 Å². The zero-order chi connectivity index (χ0) is 14.4. The molecule has 1 aliphatic carbocycles. The minimum absolute atomic E-state index is 0.429. The zero-order valence-electron chi connectivity index (χ0n) is 12.9. The SMILES string of the molecule is CCN(CC)CCC(=O)CC1CCCc2ccccc21. The van der Waals surface area contributed by atoms with Crippen LogP contribution in [-0.2, 0) is 11.2 Å². The summed E-state index contributed by atoms with van der Waals surface area (Å²) in [5.74, 6) is 0.891. The van der Waals surface area contributed by atoms with E-state index < -0.39 is 0 Å². The minimum Gasteiger partial charge on any atom is -0.303 e. The van der Waals surface area contributed by atoms with Crippen LogP contribution in [0.3, 0.4) is 0 Å². The summed E-state index contributed by atoms with van der Waals surface area (Å²) in [5, 5.41) is 0. The molecule has 1 aromatic carbocycles. The van der Waals surface area contributed by atoms with Gasteiger partial charge >= 0.3 is 0 Å². The first-order valence-corrected chi connectivity index (χ1v) is 8.06. The maximum atomic E-state index is 12.2. The maximum absolute atomic E-state index is 12.2. The second-order valence-electron chi connectivity index (χ2n) is 5.81. The summed E-state index contributed by atoms with van der Waals surface area (Å²) in [6, 6.07) is 8.67. The van der Waals surface area contributed by atoms with E-state index in [1.54, 1.807) is 0 Å². The number of hydrogen-bond acceptors (Lipinski definition) is 2. The van der Waals surface area contributed by atoms with E-state index in [9.17, 15) is 4.79 Å². The smallest absolute Gasteiger partial charge is 0.134 e. The van der Waals surface area contributed by atoms with Crippen LogP contribution in [0.25, 0.3) is 0 Å². The molecule has 0 radical (unpaired) electrons. The van der Waals surface area contributed by atoms with E-state index in [1.165, 1.54) is 30.4 Å². The van der Waals surface area contributed by atoms with Gasteiger partial charge in [-0.25, -0.2) is 0 Å². The quantitative estimate of drug-likeness (QED) is 0.753. The summed E-state index contributed by atoms with van der Waals surface area (Å²) >= 11 is 0. The number of carbonyl (C=O) groups is 1. The van der Waals surface area contributed by atoms with Gasteiger partial charge in [0.25, 0.3) is 0 Å². The van der Waals surface area contributed by atoms with Crippen molar-refractivity contribution in [1.29, 1.82) is 0 Å². The Morgan fingerprint density at radius 3 is 2.75 bits per heavy atom. The number of nitrogens with zero attached hydrogens (tertiary/aromatic N) is 1. The third-order valence-corrected chi connectivity index (χ3v) is 4.57. The molecule has 0 aliphatic heterocycles. The van der Waals surface area contributed by atoms with Gasteiger partial charge in [0.1, 0.15) is 5.78 Å². The molecular weight excluding hydrogens is 246 g/mol. The second kappa shape index (κ2) is 7.58. The first kappa shape index (κ1) is 15.2. The summed E-state index contributed by atoms with van der Waals surface area (Å²) in [4.78, 5) is 14.6. The molecule has 1 aliphatic rings. The molecular formula is C18H27NO. The molecule has 1 aromatic rings. The molecule has 2 heteroatoms. The first-order valence-electron chi connectivity index (χ1n) is 8.06. The van der Waals surface area contributed by atoms with Crippen LogP contribution < -0.4 is 0 Å². The predicted octanol–water partition coefficient (Wildman–Crippen LogP) is 3.80. The topological polar surface area (TPSA) is 20.3 Å². The van der Waals surface area contributed by atoms with Crippen molar-refractivity contribution in [2.45, 2.75) is 51.9 Å². The van der Waals surface area contributed by atoms with Crippen molar-refractivity contribution in [2.24, 2.45) is 0 Å². The zero-order valence-corrected chi connectivity index (χ0v) is 12.9. The second-order valence-corrected chi connectivity index (χ2v) is 5.81. The molecule has 0 amide bonds. The van der Waals surface area contributed by atoms with Crippen LogP contribution in [0.2, 0.25) is 0 Å². The van der Waals surface area contributed by atoms with Gasteiger partial charge in [0.2, 0.25) is 0 Å². The highest BCUT2D eigenvalue weighted by atomic mass is 16.1. The van der Waals surface area contributed by atoms with Crippen LogP contribution in [0.4, 0.5) is 0 Å². The van der Waals surface area contributed by atoms with Crippen molar-refractivity contribution in [2.75, 3.05) is 19.6 Å². The predicted molar refractivity (Wildman–Crippen MR) is 84.2 cm³/mol. The summed E-state index contributed by atoms with van der Waals surface area (Å²) < 4.78 is 0. The highest BCUT2D eigenvalue weighted by Crippen LogP contribution is 2.34. The summed E-state index contributed by atoms with van der Waals surface area (Å²) in [6.07, 6.45) is 5.03. The van der Waals surface area contributed by atoms with Crippen molar-refractivity contribution in [3.63, 3.8) is 0 Å². The van der Waals surface area contributed by atoms with Gasteiger partial charge in [0.05, 0.1) is 0 Å². The normalized spacial score (nSPS) is 18.1. The van der Waals surface area contributed by atoms with Gasteiger partial charge < -0.3 is 4.90 Å². The highest BCUT2D eigenvalue weighted by molar-refractivity contribution is 5.79. The van der Waals surface area contributed by atoms with Crippen molar-refractivity contribution < 1.29 is 4.79 Å². The summed E-state index contributed by atoms with van der Waals surface area (Å²) in [6.45, 7) is 7.31. The average molecular weight is 273 g/mol. The lowest BCUT2D eigenvalue weighted by molar-refractivity contribution is -0.119. The largest absolute Gasteiger partial charge is 0.303 e. The Labute approximate surface area is 123 Å². The van der Waals surface area contributed by atoms with E-state index in [4.69, 9.17) is 0 Å². The number of ketones is 1. The fourth-order valence-electron chi connectivity index (χ4n) is 3.27. The molecule has 2 rings (SSSR count). The molecule has 2 nitrogen and oxygen atoms in total. The van der Waals surface area contributed by atoms with Gasteiger partial charge in [-0.2, -0.15) is 0 Å². The third kappa shape index (κ3) is 3.92. The fraction of sp³-hybridized carbons (Fsp3) is 0.611. The molecule has 0 spiro atoms. The number of aryl methyl sites for hydroxylation is 1. The van der Waals surface area contributed by atoms with Crippen molar-refractivity contribution in [1.82, 2.24) is 4.90 Å². The number of hydrogen-bond donors (Lipinski definition) is 0. The van der Waals surface area contributed by atoms with E-state index >= 15 is 0 Å². The minimum atomic E-state index is 0.429. The number of carbonyl (C=O) groups excluding carboxylic acids is 1. The van der Waals surface area contributed by atoms with Crippen LogP contribution in [0.5, 0.6) is 0 Å². The fourth-order valence-corrected chi connectivity index (χ4v) is 3.27. The molecule has 0 saturated heterocycles. The Balaban J connectivity index is 1.89. The Morgan fingerprint density at radius 1 is 1.25 bits per heavy atom. The molecule has 0 aromatic heterocycles. The van der Waals surface area contributed by atoms with Crippen LogP contribution in [0.15, 0.2) is 24.3 Å². The third-order valence-electron chi connectivity index (χ3n) is 4.57. The average Bonchev–Trinajstić information content (AvgIpc) is 2.49. The van der Waals surface area contributed by atoms with E-state index in [-0.39, 0.29) is 0 Å². The Kier molecular flexibility index (Phi) is 5.78. The van der Waals surface area contributed by atoms with E-state index in [2.05, 4.69) is 43.0 Å². The van der Waals surface area contributed by atoms with E-state index in [1.807, 2.05) is 0 Å². The van der Waals surface area contributed by atoms with Crippen LogP contribution in [0, 0.1) is 0 Å². The van der Waals surface area contributed by atoms with Crippen LogP contribution >= 0.6 is 0 Å². The molecule has 1 unspecified atom stereocenters. The Hall–Kier alpha value is -1.15.